The summed E-state index contributed by atoms with van der Waals surface area (Å²) in [6, 6.07) is 0.0697. The predicted octanol–water partition coefficient (Wildman–Crippen LogP) is -0.124. The molecule has 1 saturated heterocycles. The number of nitrogens with zero attached hydrogens (tertiary/aromatic N) is 1. The Morgan fingerprint density at radius 3 is 2.64 bits per heavy atom. The number of rotatable bonds is 3. The van der Waals surface area contributed by atoms with Crippen molar-refractivity contribution in [3.05, 3.63) is 0 Å². The van der Waals surface area contributed by atoms with Gasteiger partial charge >= 0.3 is 0 Å². The summed E-state index contributed by atoms with van der Waals surface area (Å²) in [5.41, 5.74) is 0. The van der Waals surface area contributed by atoms with Crippen molar-refractivity contribution in [2.24, 2.45) is 0 Å². The minimum atomic E-state index is -2.87. The lowest BCUT2D eigenvalue weighted by Gasteiger charge is -2.37. The summed E-state index contributed by atoms with van der Waals surface area (Å²) in [6.07, 6.45) is 0.719. The Labute approximate surface area is 85.8 Å². The normalized spacial score (nSPS) is 33.1. The molecule has 0 saturated carbocycles. The lowest BCUT2D eigenvalue weighted by Crippen LogP contribution is -2.52. The van der Waals surface area contributed by atoms with E-state index in [4.69, 9.17) is 5.11 Å². The van der Waals surface area contributed by atoms with Gasteiger partial charge in [0.1, 0.15) is 0 Å². The SMILES string of the molecule is CC1C(C)S(=O)(=O)CCN1CCCO. The van der Waals surface area contributed by atoms with Gasteiger partial charge in [-0.3, -0.25) is 4.90 Å². The van der Waals surface area contributed by atoms with Gasteiger partial charge in [0.25, 0.3) is 0 Å². The van der Waals surface area contributed by atoms with Crippen molar-refractivity contribution in [1.29, 1.82) is 0 Å². The smallest absolute Gasteiger partial charge is 0.155 e. The fourth-order valence-corrected chi connectivity index (χ4v) is 3.45. The molecule has 1 N–H and O–H groups in total. The summed E-state index contributed by atoms with van der Waals surface area (Å²) >= 11 is 0. The Balaban J connectivity index is 2.60. The molecular formula is C9H19NO3S. The van der Waals surface area contributed by atoms with Crippen LogP contribution in [0.5, 0.6) is 0 Å². The predicted molar refractivity (Wildman–Crippen MR) is 56.0 cm³/mol. The average Bonchev–Trinajstić information content (AvgIpc) is 2.14. The first kappa shape index (κ1) is 11.9. The zero-order chi connectivity index (χ0) is 10.8. The molecule has 1 heterocycles. The molecule has 4 nitrogen and oxygen atoms in total. The van der Waals surface area contributed by atoms with Gasteiger partial charge < -0.3 is 5.11 Å². The summed E-state index contributed by atoms with van der Waals surface area (Å²) in [4.78, 5) is 2.14. The van der Waals surface area contributed by atoms with Gasteiger partial charge in [-0.25, -0.2) is 8.42 Å². The third kappa shape index (κ3) is 2.46. The molecule has 0 amide bonds. The molecule has 0 bridgehead atoms. The first-order valence-electron chi connectivity index (χ1n) is 5.05. The third-order valence-electron chi connectivity index (χ3n) is 3.09. The van der Waals surface area contributed by atoms with Gasteiger partial charge in [-0.15, -0.1) is 0 Å². The Hall–Kier alpha value is -0.130. The van der Waals surface area contributed by atoms with E-state index in [9.17, 15) is 8.42 Å². The number of hydrogen-bond acceptors (Lipinski definition) is 4. The summed E-state index contributed by atoms with van der Waals surface area (Å²) in [6.45, 7) is 5.28. The summed E-state index contributed by atoms with van der Waals surface area (Å²) in [7, 11) is -2.87. The fraction of sp³-hybridized carbons (Fsp3) is 1.00. The molecule has 0 spiro atoms. The van der Waals surface area contributed by atoms with Gasteiger partial charge in [-0.2, -0.15) is 0 Å². The molecule has 1 aliphatic heterocycles. The highest BCUT2D eigenvalue weighted by Crippen LogP contribution is 2.19. The standard InChI is InChI=1S/C9H19NO3S/c1-8-9(2)14(12,13)7-5-10(8)4-3-6-11/h8-9,11H,3-7H2,1-2H3. The van der Waals surface area contributed by atoms with E-state index in [1.165, 1.54) is 0 Å². The van der Waals surface area contributed by atoms with Crippen LogP contribution in [0.15, 0.2) is 0 Å². The second-order valence-corrected chi connectivity index (χ2v) is 6.40. The summed E-state index contributed by atoms with van der Waals surface area (Å²) < 4.78 is 23.1. The molecule has 0 aromatic carbocycles. The largest absolute Gasteiger partial charge is 0.396 e. The van der Waals surface area contributed by atoms with Crippen LogP contribution in [-0.4, -0.2) is 55.2 Å². The highest BCUT2D eigenvalue weighted by atomic mass is 32.2. The van der Waals surface area contributed by atoms with Crippen molar-refractivity contribution >= 4 is 9.84 Å². The number of aliphatic hydroxyl groups excluding tert-OH is 1. The highest BCUT2D eigenvalue weighted by molar-refractivity contribution is 7.92. The van der Waals surface area contributed by atoms with Gasteiger partial charge in [0, 0.05) is 25.7 Å². The van der Waals surface area contributed by atoms with Crippen molar-refractivity contribution in [3.63, 3.8) is 0 Å². The minimum Gasteiger partial charge on any atom is -0.396 e. The maximum Gasteiger partial charge on any atom is 0.155 e. The number of aliphatic hydroxyl groups is 1. The number of hydrogen-bond donors (Lipinski definition) is 1. The molecule has 0 aromatic rings. The van der Waals surface area contributed by atoms with E-state index in [1.54, 1.807) is 6.92 Å². The summed E-state index contributed by atoms with van der Waals surface area (Å²) in [5, 5.41) is 8.42. The van der Waals surface area contributed by atoms with Crippen LogP contribution in [0.4, 0.5) is 0 Å². The number of sulfone groups is 1. The zero-order valence-electron chi connectivity index (χ0n) is 8.81. The summed E-state index contributed by atoms with van der Waals surface area (Å²) in [5.74, 6) is 0.254. The molecule has 5 heteroatoms. The van der Waals surface area contributed by atoms with Crippen molar-refractivity contribution in [2.45, 2.75) is 31.6 Å². The van der Waals surface area contributed by atoms with Crippen LogP contribution in [-0.2, 0) is 9.84 Å². The van der Waals surface area contributed by atoms with Crippen LogP contribution in [0.2, 0.25) is 0 Å². The minimum absolute atomic E-state index is 0.0697. The lowest BCUT2D eigenvalue weighted by atomic mass is 10.2. The van der Waals surface area contributed by atoms with E-state index in [1.807, 2.05) is 6.92 Å². The van der Waals surface area contributed by atoms with Crippen LogP contribution in [0, 0.1) is 0 Å². The average molecular weight is 221 g/mol. The van der Waals surface area contributed by atoms with Gasteiger partial charge in [0.15, 0.2) is 9.84 Å². The second kappa shape index (κ2) is 4.59. The lowest BCUT2D eigenvalue weighted by molar-refractivity contribution is 0.181. The first-order valence-corrected chi connectivity index (χ1v) is 6.77. The maximum absolute atomic E-state index is 11.5. The molecule has 14 heavy (non-hydrogen) atoms. The van der Waals surface area contributed by atoms with Gasteiger partial charge in [0.2, 0.25) is 0 Å². The molecule has 1 aliphatic rings. The second-order valence-electron chi connectivity index (χ2n) is 3.93. The van der Waals surface area contributed by atoms with Crippen molar-refractivity contribution in [3.8, 4) is 0 Å². The Bertz CT molecular complexity index is 276. The van der Waals surface area contributed by atoms with E-state index in [2.05, 4.69) is 4.90 Å². The Morgan fingerprint density at radius 1 is 1.43 bits per heavy atom. The van der Waals surface area contributed by atoms with Crippen LogP contribution in [0.3, 0.4) is 0 Å². The molecule has 0 aliphatic carbocycles. The molecular weight excluding hydrogens is 202 g/mol. The quantitative estimate of drug-likeness (QED) is 0.721. The van der Waals surface area contributed by atoms with Crippen molar-refractivity contribution < 1.29 is 13.5 Å². The van der Waals surface area contributed by atoms with Crippen LogP contribution in [0.1, 0.15) is 20.3 Å². The first-order chi connectivity index (χ1) is 6.49. The van der Waals surface area contributed by atoms with E-state index >= 15 is 0 Å². The zero-order valence-corrected chi connectivity index (χ0v) is 9.63. The van der Waals surface area contributed by atoms with Crippen LogP contribution in [0.25, 0.3) is 0 Å². The molecule has 0 radical (unpaired) electrons. The van der Waals surface area contributed by atoms with Crippen molar-refractivity contribution in [1.82, 2.24) is 4.90 Å². The van der Waals surface area contributed by atoms with E-state index in [0.29, 0.717) is 6.54 Å². The van der Waals surface area contributed by atoms with Gasteiger partial charge in [-0.1, -0.05) is 0 Å². The molecule has 1 fully saturated rings. The highest BCUT2D eigenvalue weighted by Gasteiger charge is 2.35. The van der Waals surface area contributed by atoms with Crippen LogP contribution >= 0.6 is 0 Å². The van der Waals surface area contributed by atoms with E-state index in [-0.39, 0.29) is 23.7 Å². The topological polar surface area (TPSA) is 57.6 Å². The molecule has 2 atom stereocenters. The third-order valence-corrected chi connectivity index (χ3v) is 5.37. The fourth-order valence-electron chi connectivity index (χ4n) is 1.82. The van der Waals surface area contributed by atoms with Gasteiger partial charge in [0.05, 0.1) is 11.0 Å². The molecule has 2 unspecified atom stereocenters. The van der Waals surface area contributed by atoms with Gasteiger partial charge in [-0.05, 0) is 20.3 Å². The van der Waals surface area contributed by atoms with E-state index < -0.39 is 9.84 Å². The molecule has 84 valence electrons. The molecule has 1 rings (SSSR count). The molecule has 0 aromatic heterocycles. The monoisotopic (exact) mass is 221 g/mol. The maximum atomic E-state index is 11.5. The van der Waals surface area contributed by atoms with Crippen molar-refractivity contribution in [2.75, 3.05) is 25.4 Å². The Kier molecular flexibility index (Phi) is 3.92. The van der Waals surface area contributed by atoms with E-state index in [0.717, 1.165) is 13.0 Å². The van der Waals surface area contributed by atoms with Crippen LogP contribution < -0.4 is 0 Å². The Morgan fingerprint density at radius 2 is 2.07 bits per heavy atom.